The van der Waals surface area contributed by atoms with Crippen LogP contribution in [0.25, 0.3) is 0 Å². The molecule has 0 fully saturated rings. The fourth-order valence-electron chi connectivity index (χ4n) is 2.26. The lowest BCUT2D eigenvalue weighted by atomic mass is 10.1. The third-order valence-corrected chi connectivity index (χ3v) is 4.06. The lowest BCUT2D eigenvalue weighted by Gasteiger charge is -2.26. The maximum atomic E-state index is 12.5. The second-order valence-electron chi connectivity index (χ2n) is 5.84. The minimum atomic E-state index is -3.45. The first kappa shape index (κ1) is 21.4. The number of rotatable bonds is 9. The highest BCUT2D eigenvalue weighted by Gasteiger charge is 2.25. The summed E-state index contributed by atoms with van der Waals surface area (Å²) in [5.41, 5.74) is 0.847. The van der Waals surface area contributed by atoms with Crippen molar-refractivity contribution in [3.05, 3.63) is 29.8 Å². The Morgan fingerprint density at radius 2 is 1.92 bits per heavy atom. The first-order valence-corrected chi connectivity index (χ1v) is 9.72. The van der Waals surface area contributed by atoms with E-state index in [1.165, 1.54) is 19.9 Å². The zero-order chi connectivity index (χ0) is 19.9. The summed E-state index contributed by atoms with van der Waals surface area (Å²) in [6.45, 7) is 2.89. The zero-order valence-corrected chi connectivity index (χ0v) is 15.7. The first-order chi connectivity index (χ1) is 12.0. The Hall–Kier alpha value is -2.62. The third kappa shape index (κ3) is 7.51. The van der Waals surface area contributed by atoms with Crippen molar-refractivity contribution in [3.8, 4) is 0 Å². The molecule has 1 unspecified atom stereocenters. The number of nitrogens with zero attached hydrogens (tertiary/aromatic N) is 1. The lowest BCUT2D eigenvalue weighted by molar-refractivity contribution is -0.149. The van der Waals surface area contributed by atoms with Crippen molar-refractivity contribution in [2.24, 2.45) is 0 Å². The SMILES string of the molecule is CC(=O)NCCN(C(=O)Cc1cccc(NS(C)(=O)=O)c1)C(C)C(=O)O. The van der Waals surface area contributed by atoms with Crippen LogP contribution in [0.2, 0.25) is 0 Å². The van der Waals surface area contributed by atoms with Gasteiger partial charge in [0.1, 0.15) is 6.04 Å². The van der Waals surface area contributed by atoms with Gasteiger partial charge >= 0.3 is 5.97 Å². The smallest absolute Gasteiger partial charge is 0.326 e. The van der Waals surface area contributed by atoms with Crippen LogP contribution in [0.15, 0.2) is 24.3 Å². The normalized spacial score (nSPS) is 12.1. The van der Waals surface area contributed by atoms with Gasteiger partial charge in [0.05, 0.1) is 12.7 Å². The van der Waals surface area contributed by atoms with Crippen molar-refractivity contribution in [1.29, 1.82) is 0 Å². The van der Waals surface area contributed by atoms with E-state index in [0.29, 0.717) is 11.3 Å². The number of carbonyl (C=O) groups excluding carboxylic acids is 2. The monoisotopic (exact) mass is 385 g/mol. The summed E-state index contributed by atoms with van der Waals surface area (Å²) in [5.74, 6) is -1.88. The van der Waals surface area contributed by atoms with E-state index in [1.807, 2.05) is 0 Å². The van der Waals surface area contributed by atoms with Gasteiger partial charge in [-0.2, -0.15) is 0 Å². The third-order valence-electron chi connectivity index (χ3n) is 3.46. The maximum Gasteiger partial charge on any atom is 0.326 e. The average molecular weight is 385 g/mol. The van der Waals surface area contributed by atoms with E-state index in [4.69, 9.17) is 0 Å². The summed E-state index contributed by atoms with van der Waals surface area (Å²) in [6.07, 6.45) is 0.917. The number of amides is 2. The van der Waals surface area contributed by atoms with Crippen LogP contribution in [-0.2, 0) is 30.8 Å². The molecule has 0 aliphatic heterocycles. The van der Waals surface area contributed by atoms with Gasteiger partial charge < -0.3 is 15.3 Å². The van der Waals surface area contributed by atoms with Gasteiger partial charge in [-0.3, -0.25) is 14.3 Å². The molecule has 1 rings (SSSR count). The van der Waals surface area contributed by atoms with Gasteiger partial charge in [-0.05, 0) is 24.6 Å². The van der Waals surface area contributed by atoms with Gasteiger partial charge in [-0.25, -0.2) is 13.2 Å². The molecule has 1 aromatic carbocycles. The zero-order valence-electron chi connectivity index (χ0n) is 14.9. The van der Waals surface area contributed by atoms with Gasteiger partial charge in [0.15, 0.2) is 0 Å². The molecule has 1 atom stereocenters. The number of carboxylic acid groups (broad SMARTS) is 1. The quantitative estimate of drug-likeness (QED) is 0.550. The number of hydrogen-bond donors (Lipinski definition) is 3. The molecular weight excluding hydrogens is 362 g/mol. The second-order valence-corrected chi connectivity index (χ2v) is 7.58. The molecule has 0 bridgehead atoms. The molecule has 26 heavy (non-hydrogen) atoms. The van der Waals surface area contributed by atoms with Crippen LogP contribution in [0, 0.1) is 0 Å². The molecule has 0 spiro atoms. The number of sulfonamides is 1. The molecular formula is C16H23N3O6S. The van der Waals surface area contributed by atoms with Crippen LogP contribution in [0.5, 0.6) is 0 Å². The number of hydrogen-bond acceptors (Lipinski definition) is 5. The number of aliphatic carboxylic acids is 1. The highest BCUT2D eigenvalue weighted by Crippen LogP contribution is 2.14. The fourth-order valence-corrected chi connectivity index (χ4v) is 2.81. The number of carbonyl (C=O) groups is 3. The van der Waals surface area contributed by atoms with Crippen molar-refractivity contribution in [1.82, 2.24) is 10.2 Å². The predicted molar refractivity (Wildman–Crippen MR) is 96.1 cm³/mol. The maximum absolute atomic E-state index is 12.5. The largest absolute Gasteiger partial charge is 0.480 e. The molecule has 2 amide bonds. The lowest BCUT2D eigenvalue weighted by Crippen LogP contribution is -2.47. The standard InChI is InChI=1S/C16H23N3O6S/c1-11(16(22)23)19(8-7-17-12(2)20)15(21)10-13-5-4-6-14(9-13)18-26(3,24)25/h4-6,9,11,18H,7-8,10H2,1-3H3,(H,17,20)(H,22,23). The van der Waals surface area contributed by atoms with Crippen LogP contribution in [0.3, 0.4) is 0 Å². The first-order valence-electron chi connectivity index (χ1n) is 7.83. The highest BCUT2D eigenvalue weighted by molar-refractivity contribution is 7.92. The van der Waals surface area contributed by atoms with Gasteiger partial charge in [0.2, 0.25) is 21.8 Å². The van der Waals surface area contributed by atoms with Crippen molar-refractivity contribution in [2.75, 3.05) is 24.1 Å². The Morgan fingerprint density at radius 3 is 2.46 bits per heavy atom. The Morgan fingerprint density at radius 1 is 1.27 bits per heavy atom. The van der Waals surface area contributed by atoms with E-state index in [0.717, 1.165) is 11.2 Å². The van der Waals surface area contributed by atoms with Crippen molar-refractivity contribution >= 4 is 33.5 Å². The summed E-state index contributed by atoms with van der Waals surface area (Å²) in [5, 5.41) is 11.7. The topological polar surface area (TPSA) is 133 Å². The minimum absolute atomic E-state index is 0.0488. The predicted octanol–water partition coefficient (Wildman–Crippen LogP) is 0.0384. The Kier molecular flexibility index (Phi) is 7.56. The summed E-state index contributed by atoms with van der Waals surface area (Å²) in [4.78, 5) is 35.9. The number of carboxylic acids is 1. The van der Waals surface area contributed by atoms with Crippen molar-refractivity contribution in [2.45, 2.75) is 26.3 Å². The van der Waals surface area contributed by atoms with Crippen LogP contribution in [0.4, 0.5) is 5.69 Å². The number of benzene rings is 1. The molecule has 0 radical (unpaired) electrons. The molecule has 144 valence electrons. The number of anilines is 1. The highest BCUT2D eigenvalue weighted by atomic mass is 32.2. The summed E-state index contributed by atoms with van der Waals surface area (Å²) in [6, 6.07) is 5.23. The van der Waals surface area contributed by atoms with Gasteiger partial charge in [-0.1, -0.05) is 12.1 Å². The molecule has 1 aromatic rings. The van der Waals surface area contributed by atoms with Crippen molar-refractivity contribution in [3.63, 3.8) is 0 Å². The second kappa shape index (κ2) is 9.18. The van der Waals surface area contributed by atoms with Crippen LogP contribution in [0.1, 0.15) is 19.4 Å². The van der Waals surface area contributed by atoms with Crippen LogP contribution in [-0.4, -0.2) is 61.6 Å². The summed E-state index contributed by atoms with van der Waals surface area (Å²) < 4.78 is 24.9. The molecule has 0 aliphatic carbocycles. The van der Waals surface area contributed by atoms with Crippen LogP contribution >= 0.6 is 0 Å². The molecule has 0 saturated carbocycles. The van der Waals surface area contributed by atoms with Gasteiger partial charge in [0.25, 0.3) is 0 Å². The molecule has 3 N–H and O–H groups in total. The van der Waals surface area contributed by atoms with Gasteiger partial charge in [0, 0.05) is 25.7 Å². The molecule has 0 heterocycles. The van der Waals surface area contributed by atoms with E-state index in [-0.39, 0.29) is 25.4 Å². The molecule has 10 heteroatoms. The van der Waals surface area contributed by atoms with E-state index in [9.17, 15) is 27.9 Å². The van der Waals surface area contributed by atoms with Crippen molar-refractivity contribution < 1.29 is 27.9 Å². The summed E-state index contributed by atoms with van der Waals surface area (Å²) >= 11 is 0. The molecule has 0 saturated heterocycles. The number of nitrogens with one attached hydrogen (secondary N) is 2. The van der Waals surface area contributed by atoms with Gasteiger partial charge in [-0.15, -0.1) is 0 Å². The average Bonchev–Trinajstić information content (AvgIpc) is 2.49. The van der Waals surface area contributed by atoms with E-state index in [2.05, 4.69) is 10.0 Å². The van der Waals surface area contributed by atoms with E-state index >= 15 is 0 Å². The Bertz CT molecular complexity index is 778. The summed E-state index contributed by atoms with van der Waals surface area (Å²) in [7, 11) is -3.45. The minimum Gasteiger partial charge on any atom is -0.480 e. The Balaban J connectivity index is 2.89. The van der Waals surface area contributed by atoms with E-state index in [1.54, 1.807) is 18.2 Å². The van der Waals surface area contributed by atoms with E-state index < -0.39 is 27.9 Å². The molecule has 9 nitrogen and oxygen atoms in total. The fraction of sp³-hybridized carbons (Fsp3) is 0.438. The van der Waals surface area contributed by atoms with Crippen LogP contribution < -0.4 is 10.0 Å². The Labute approximate surface area is 152 Å². The molecule has 0 aromatic heterocycles. The molecule has 0 aliphatic rings.